The van der Waals surface area contributed by atoms with E-state index in [2.05, 4.69) is 5.32 Å². The lowest BCUT2D eigenvalue weighted by Gasteiger charge is -2.09. The summed E-state index contributed by atoms with van der Waals surface area (Å²) in [5, 5.41) is 11.1. The third-order valence-corrected chi connectivity index (χ3v) is 5.68. The monoisotopic (exact) mass is 342 g/mol. The van der Waals surface area contributed by atoms with E-state index in [4.69, 9.17) is 5.26 Å². The van der Waals surface area contributed by atoms with Gasteiger partial charge in [-0.15, -0.1) is 0 Å². The third-order valence-electron chi connectivity index (χ3n) is 3.51. The number of anilines is 1. The van der Waals surface area contributed by atoms with Crippen molar-refractivity contribution in [2.24, 2.45) is 0 Å². The van der Waals surface area contributed by atoms with Crippen molar-refractivity contribution in [2.75, 3.05) is 5.32 Å². The molecule has 0 radical (unpaired) electrons. The molecule has 24 heavy (non-hydrogen) atoms. The first kappa shape index (κ1) is 17.7. The summed E-state index contributed by atoms with van der Waals surface area (Å²) in [6.07, 6.45) is 0.124. The predicted octanol–water partition coefficient (Wildman–Crippen LogP) is 2.92. The molecule has 0 atom stereocenters. The molecule has 5 nitrogen and oxygen atoms in total. The van der Waals surface area contributed by atoms with Crippen LogP contribution >= 0.6 is 0 Å². The minimum atomic E-state index is -3.31. The van der Waals surface area contributed by atoms with Gasteiger partial charge in [-0.25, -0.2) is 8.42 Å². The Kier molecular flexibility index (Phi) is 5.37. The number of sulfone groups is 1. The second-order valence-corrected chi connectivity index (χ2v) is 8.16. The molecule has 0 aliphatic carbocycles. The van der Waals surface area contributed by atoms with Gasteiger partial charge in [0.2, 0.25) is 5.91 Å². The lowest BCUT2D eigenvalue weighted by molar-refractivity contribution is -0.115. The molecule has 0 unspecified atom stereocenters. The Morgan fingerprint density at radius 3 is 2.42 bits per heavy atom. The van der Waals surface area contributed by atoms with E-state index < -0.39 is 15.1 Å². The van der Waals surface area contributed by atoms with Crippen molar-refractivity contribution in [1.29, 1.82) is 5.26 Å². The largest absolute Gasteiger partial charge is 0.326 e. The van der Waals surface area contributed by atoms with Crippen LogP contribution in [0.25, 0.3) is 0 Å². The van der Waals surface area contributed by atoms with Gasteiger partial charge in [0.05, 0.1) is 28.2 Å². The second kappa shape index (κ2) is 7.28. The van der Waals surface area contributed by atoms with Crippen LogP contribution in [0.1, 0.15) is 25.0 Å². The van der Waals surface area contributed by atoms with Gasteiger partial charge in [-0.05, 0) is 49.7 Å². The molecule has 2 aromatic rings. The molecule has 0 aliphatic rings. The van der Waals surface area contributed by atoms with Crippen LogP contribution in [0.4, 0.5) is 5.69 Å². The van der Waals surface area contributed by atoms with Crippen LogP contribution in [-0.4, -0.2) is 19.6 Å². The number of rotatable bonds is 5. The first-order valence-electron chi connectivity index (χ1n) is 7.46. The van der Waals surface area contributed by atoms with Crippen molar-refractivity contribution >= 4 is 21.4 Å². The van der Waals surface area contributed by atoms with Gasteiger partial charge in [-0.3, -0.25) is 4.79 Å². The number of hydrogen-bond acceptors (Lipinski definition) is 4. The van der Waals surface area contributed by atoms with Crippen molar-refractivity contribution in [3.8, 4) is 6.07 Å². The molecule has 1 N–H and O–H groups in total. The number of hydrogen-bond donors (Lipinski definition) is 1. The summed E-state index contributed by atoms with van der Waals surface area (Å²) in [5.41, 5.74) is 1.74. The van der Waals surface area contributed by atoms with Crippen molar-refractivity contribution in [3.63, 3.8) is 0 Å². The summed E-state index contributed by atoms with van der Waals surface area (Å²) in [6, 6.07) is 15.0. The lowest BCUT2D eigenvalue weighted by Crippen LogP contribution is -2.15. The second-order valence-electron chi connectivity index (χ2n) is 5.66. The SMILES string of the molecule is CC(C)S(=O)(=O)c1ccc(CC(=O)Nc2cccc(C#N)c2)cc1. The van der Waals surface area contributed by atoms with Crippen molar-refractivity contribution in [2.45, 2.75) is 30.4 Å². The summed E-state index contributed by atoms with van der Waals surface area (Å²) in [5.74, 6) is -0.232. The lowest BCUT2D eigenvalue weighted by atomic mass is 10.1. The molecular weight excluding hydrogens is 324 g/mol. The molecule has 0 bridgehead atoms. The normalized spacial score (nSPS) is 11.1. The van der Waals surface area contributed by atoms with E-state index in [1.165, 1.54) is 12.1 Å². The van der Waals surface area contributed by atoms with Gasteiger partial charge in [0, 0.05) is 5.69 Å². The van der Waals surface area contributed by atoms with E-state index in [1.807, 2.05) is 6.07 Å². The average molecular weight is 342 g/mol. The number of nitrogens with one attached hydrogen (secondary N) is 1. The highest BCUT2D eigenvalue weighted by atomic mass is 32.2. The predicted molar refractivity (Wildman–Crippen MR) is 92.3 cm³/mol. The summed E-state index contributed by atoms with van der Waals surface area (Å²) >= 11 is 0. The molecule has 2 aromatic carbocycles. The van der Waals surface area contributed by atoms with Crippen molar-refractivity contribution in [3.05, 3.63) is 59.7 Å². The maximum atomic E-state index is 12.1. The molecule has 0 aromatic heterocycles. The standard InChI is InChI=1S/C18H18N2O3S/c1-13(2)24(22,23)17-8-6-14(7-9-17)11-18(21)20-16-5-3-4-15(10-16)12-19/h3-10,13H,11H2,1-2H3,(H,20,21). The van der Waals surface area contributed by atoms with Crippen LogP contribution in [0.3, 0.4) is 0 Å². The zero-order chi connectivity index (χ0) is 17.7. The summed E-state index contributed by atoms with van der Waals surface area (Å²) in [4.78, 5) is 12.3. The first-order valence-corrected chi connectivity index (χ1v) is 9.00. The number of amides is 1. The fraction of sp³-hybridized carbons (Fsp3) is 0.222. The molecule has 124 valence electrons. The molecule has 6 heteroatoms. The van der Waals surface area contributed by atoms with E-state index >= 15 is 0 Å². The molecule has 1 amide bonds. The van der Waals surface area contributed by atoms with Gasteiger partial charge in [0.15, 0.2) is 9.84 Å². The van der Waals surface area contributed by atoms with Crippen molar-refractivity contribution in [1.82, 2.24) is 0 Å². The topological polar surface area (TPSA) is 87.0 Å². The summed E-state index contributed by atoms with van der Waals surface area (Å²) < 4.78 is 24.1. The van der Waals surface area contributed by atoms with Crippen LogP contribution in [0.2, 0.25) is 0 Å². The number of nitriles is 1. The van der Waals surface area contributed by atoms with Gasteiger partial charge in [0.25, 0.3) is 0 Å². The Labute approximate surface area is 141 Å². The number of carbonyl (C=O) groups is 1. The van der Waals surface area contributed by atoms with Gasteiger partial charge < -0.3 is 5.32 Å². The Morgan fingerprint density at radius 2 is 1.83 bits per heavy atom. The van der Waals surface area contributed by atoms with E-state index in [0.29, 0.717) is 16.8 Å². The first-order chi connectivity index (χ1) is 11.3. The van der Waals surface area contributed by atoms with Gasteiger partial charge >= 0.3 is 0 Å². The Morgan fingerprint density at radius 1 is 1.17 bits per heavy atom. The third kappa shape index (κ3) is 4.21. The van der Waals surface area contributed by atoms with Crippen LogP contribution in [0.5, 0.6) is 0 Å². The number of nitrogens with zero attached hydrogens (tertiary/aromatic N) is 1. The number of benzene rings is 2. The Balaban J connectivity index is 2.06. The zero-order valence-electron chi connectivity index (χ0n) is 13.5. The molecule has 0 spiro atoms. The molecule has 0 fully saturated rings. The molecule has 0 saturated heterocycles. The highest BCUT2D eigenvalue weighted by molar-refractivity contribution is 7.92. The van der Waals surface area contributed by atoms with Gasteiger partial charge in [0.1, 0.15) is 0 Å². The quantitative estimate of drug-likeness (QED) is 0.905. The zero-order valence-corrected chi connectivity index (χ0v) is 14.3. The minimum Gasteiger partial charge on any atom is -0.326 e. The smallest absolute Gasteiger partial charge is 0.228 e. The van der Waals surface area contributed by atoms with E-state index in [-0.39, 0.29) is 17.2 Å². The molecule has 0 aliphatic heterocycles. The number of carbonyl (C=O) groups excluding carboxylic acids is 1. The molecule has 0 saturated carbocycles. The maximum Gasteiger partial charge on any atom is 0.228 e. The highest BCUT2D eigenvalue weighted by Crippen LogP contribution is 2.17. The molecular formula is C18H18N2O3S. The summed E-state index contributed by atoms with van der Waals surface area (Å²) in [7, 11) is -3.31. The Hall–Kier alpha value is -2.65. The molecule has 2 rings (SSSR count). The van der Waals surface area contributed by atoms with Crippen LogP contribution in [-0.2, 0) is 21.1 Å². The minimum absolute atomic E-state index is 0.124. The maximum absolute atomic E-state index is 12.1. The van der Waals surface area contributed by atoms with E-state index in [0.717, 1.165) is 0 Å². The average Bonchev–Trinajstić information content (AvgIpc) is 2.55. The van der Waals surface area contributed by atoms with Gasteiger partial charge in [-0.1, -0.05) is 18.2 Å². The molecule has 0 heterocycles. The van der Waals surface area contributed by atoms with Crippen LogP contribution < -0.4 is 5.32 Å². The fourth-order valence-corrected chi connectivity index (χ4v) is 3.19. The highest BCUT2D eigenvalue weighted by Gasteiger charge is 2.18. The summed E-state index contributed by atoms with van der Waals surface area (Å²) in [6.45, 7) is 3.26. The van der Waals surface area contributed by atoms with Crippen molar-refractivity contribution < 1.29 is 13.2 Å². The van der Waals surface area contributed by atoms with E-state index in [9.17, 15) is 13.2 Å². The van der Waals surface area contributed by atoms with Crippen LogP contribution in [0.15, 0.2) is 53.4 Å². The van der Waals surface area contributed by atoms with Gasteiger partial charge in [-0.2, -0.15) is 5.26 Å². The Bertz CT molecular complexity index is 879. The fourth-order valence-electron chi connectivity index (χ4n) is 2.13. The van der Waals surface area contributed by atoms with E-state index in [1.54, 1.807) is 50.2 Å². The van der Waals surface area contributed by atoms with Crippen LogP contribution in [0, 0.1) is 11.3 Å².